The lowest BCUT2D eigenvalue weighted by molar-refractivity contribution is -0.121. The van der Waals surface area contributed by atoms with Gasteiger partial charge in [-0.3, -0.25) is 19.8 Å². The van der Waals surface area contributed by atoms with E-state index in [1.807, 2.05) is 26.0 Å². The number of hydrogen-bond donors (Lipinski definition) is 2. The Bertz CT molecular complexity index is 879. The van der Waals surface area contributed by atoms with Crippen LogP contribution in [0.4, 0.5) is 5.69 Å². The van der Waals surface area contributed by atoms with Crippen molar-refractivity contribution in [1.82, 2.24) is 10.9 Å². The van der Waals surface area contributed by atoms with Crippen LogP contribution in [0.25, 0.3) is 0 Å². The quantitative estimate of drug-likeness (QED) is 0.568. The summed E-state index contributed by atoms with van der Waals surface area (Å²) in [6, 6.07) is 13.2. The zero-order valence-corrected chi connectivity index (χ0v) is 15.9. The average molecular weight is 381 g/mol. The van der Waals surface area contributed by atoms with E-state index in [0.717, 1.165) is 16.9 Å². The van der Waals surface area contributed by atoms with Crippen LogP contribution in [-0.2, 0) is 9.59 Å². The second kappa shape index (κ2) is 8.67. The van der Waals surface area contributed by atoms with Gasteiger partial charge >= 0.3 is 0 Å². The van der Waals surface area contributed by atoms with Crippen molar-refractivity contribution >= 4 is 23.4 Å². The number of rotatable bonds is 7. The molecule has 1 aliphatic rings. The highest BCUT2D eigenvalue weighted by molar-refractivity contribution is 6.23. The molecule has 1 aliphatic heterocycles. The van der Waals surface area contributed by atoms with Crippen molar-refractivity contribution in [2.24, 2.45) is 0 Å². The fourth-order valence-electron chi connectivity index (χ4n) is 2.90. The number of para-hydroxylation sites is 2. The second-order valence-corrected chi connectivity index (χ2v) is 6.60. The highest BCUT2D eigenvalue weighted by Gasteiger charge is 2.40. The first kappa shape index (κ1) is 19.6. The Balaban J connectivity index is 1.68. The molecule has 2 aromatic rings. The number of aryl methyl sites for hydroxylation is 1. The van der Waals surface area contributed by atoms with E-state index in [-0.39, 0.29) is 18.2 Å². The minimum absolute atomic E-state index is 0.0465. The highest BCUT2D eigenvalue weighted by Crippen LogP contribution is 2.32. The first-order valence-corrected chi connectivity index (χ1v) is 9.22. The van der Waals surface area contributed by atoms with E-state index < -0.39 is 11.9 Å². The molecule has 28 heavy (non-hydrogen) atoms. The molecule has 0 bridgehead atoms. The van der Waals surface area contributed by atoms with Crippen molar-refractivity contribution in [1.29, 1.82) is 0 Å². The van der Waals surface area contributed by atoms with Crippen LogP contribution >= 0.6 is 0 Å². The summed E-state index contributed by atoms with van der Waals surface area (Å²) in [5.74, 6) is -0.665. The molecule has 1 atom stereocenters. The summed E-state index contributed by atoms with van der Waals surface area (Å²) in [5.41, 5.74) is 7.12. The van der Waals surface area contributed by atoms with Crippen LogP contribution in [-0.4, -0.2) is 30.4 Å². The van der Waals surface area contributed by atoms with Crippen LogP contribution in [0.1, 0.15) is 35.7 Å². The molecule has 146 valence electrons. The Labute approximate surface area is 163 Å². The van der Waals surface area contributed by atoms with Gasteiger partial charge in [-0.15, -0.1) is 0 Å². The third-order valence-corrected chi connectivity index (χ3v) is 4.39. The molecule has 7 heteroatoms. The Hall–Kier alpha value is -3.19. The third kappa shape index (κ3) is 4.20. The molecule has 1 fully saturated rings. The number of ether oxygens (including phenoxy) is 1. The van der Waals surface area contributed by atoms with Crippen molar-refractivity contribution < 1.29 is 19.1 Å². The first-order chi connectivity index (χ1) is 13.5. The van der Waals surface area contributed by atoms with Gasteiger partial charge in [0.2, 0.25) is 5.91 Å². The van der Waals surface area contributed by atoms with Gasteiger partial charge in [0, 0.05) is 5.56 Å². The summed E-state index contributed by atoms with van der Waals surface area (Å²) in [4.78, 5) is 38.6. The molecule has 3 amide bonds. The van der Waals surface area contributed by atoms with Gasteiger partial charge in [-0.1, -0.05) is 36.8 Å². The fraction of sp³-hybridized carbons (Fsp3) is 0.286. The Morgan fingerprint density at radius 2 is 1.86 bits per heavy atom. The molecular weight excluding hydrogens is 358 g/mol. The standard InChI is InChI=1S/C21H23N3O4/c1-3-12-28-18-7-5-4-6-17(18)24-19(25)13-16(21(24)27)22-23-20(26)15-10-8-14(2)9-11-15/h4-11,16,22H,3,12-13H2,1-2H3,(H,23,26). The summed E-state index contributed by atoms with van der Waals surface area (Å²) in [5, 5.41) is 0. The zero-order valence-electron chi connectivity index (χ0n) is 15.9. The molecule has 0 aromatic heterocycles. The Kier molecular flexibility index (Phi) is 6.06. The SMILES string of the molecule is CCCOc1ccccc1N1C(=O)CC(NNC(=O)c2ccc(C)cc2)C1=O. The van der Waals surface area contributed by atoms with Gasteiger partial charge in [0.15, 0.2) is 0 Å². The van der Waals surface area contributed by atoms with Gasteiger partial charge in [0.25, 0.3) is 11.8 Å². The average Bonchev–Trinajstić information content (AvgIpc) is 2.98. The normalized spacial score (nSPS) is 16.4. The number of carbonyl (C=O) groups excluding carboxylic acids is 3. The van der Waals surface area contributed by atoms with E-state index in [2.05, 4.69) is 10.9 Å². The number of imide groups is 1. The summed E-state index contributed by atoms with van der Waals surface area (Å²) in [6.45, 7) is 4.40. The van der Waals surface area contributed by atoms with Crippen molar-refractivity contribution in [2.75, 3.05) is 11.5 Å². The number of benzene rings is 2. The summed E-state index contributed by atoms with van der Waals surface area (Å²) in [7, 11) is 0. The van der Waals surface area contributed by atoms with Crippen LogP contribution in [0.2, 0.25) is 0 Å². The molecule has 1 saturated heterocycles. The molecule has 7 nitrogen and oxygen atoms in total. The van der Waals surface area contributed by atoms with Crippen LogP contribution in [0.15, 0.2) is 48.5 Å². The van der Waals surface area contributed by atoms with Gasteiger partial charge < -0.3 is 4.74 Å². The minimum Gasteiger partial charge on any atom is -0.491 e. The number of hydrazine groups is 1. The molecule has 0 saturated carbocycles. The van der Waals surface area contributed by atoms with E-state index in [1.165, 1.54) is 0 Å². The van der Waals surface area contributed by atoms with Gasteiger partial charge in [-0.2, -0.15) is 0 Å². The van der Waals surface area contributed by atoms with Crippen LogP contribution in [0.3, 0.4) is 0 Å². The maximum absolute atomic E-state index is 12.8. The van der Waals surface area contributed by atoms with Gasteiger partial charge in [-0.05, 0) is 37.6 Å². The maximum atomic E-state index is 12.8. The molecule has 1 heterocycles. The summed E-state index contributed by atoms with van der Waals surface area (Å²) >= 11 is 0. The lowest BCUT2D eigenvalue weighted by atomic mass is 10.1. The molecule has 1 unspecified atom stereocenters. The topological polar surface area (TPSA) is 87.7 Å². The largest absolute Gasteiger partial charge is 0.491 e. The van der Waals surface area contributed by atoms with E-state index in [1.54, 1.807) is 36.4 Å². The number of nitrogens with one attached hydrogen (secondary N) is 2. The molecule has 0 spiro atoms. The van der Waals surface area contributed by atoms with Crippen molar-refractivity contribution in [3.05, 3.63) is 59.7 Å². The molecule has 0 aliphatic carbocycles. The predicted octanol–water partition coefficient (Wildman–Crippen LogP) is 2.35. The van der Waals surface area contributed by atoms with Crippen LogP contribution in [0.5, 0.6) is 5.75 Å². The van der Waals surface area contributed by atoms with Crippen molar-refractivity contribution in [2.45, 2.75) is 32.7 Å². The first-order valence-electron chi connectivity index (χ1n) is 9.22. The minimum atomic E-state index is -0.832. The Morgan fingerprint density at radius 1 is 1.14 bits per heavy atom. The lowest BCUT2D eigenvalue weighted by Gasteiger charge is -2.19. The van der Waals surface area contributed by atoms with Gasteiger partial charge in [0.05, 0.1) is 18.7 Å². The van der Waals surface area contributed by atoms with Crippen molar-refractivity contribution in [3.8, 4) is 5.75 Å². The molecule has 3 rings (SSSR count). The summed E-state index contributed by atoms with van der Waals surface area (Å²) in [6.07, 6.45) is 0.764. The van der Waals surface area contributed by atoms with Crippen molar-refractivity contribution in [3.63, 3.8) is 0 Å². The fourth-order valence-corrected chi connectivity index (χ4v) is 2.90. The van der Waals surface area contributed by atoms with E-state index >= 15 is 0 Å². The van der Waals surface area contributed by atoms with Crippen LogP contribution in [0, 0.1) is 6.92 Å². The molecule has 2 aromatic carbocycles. The number of anilines is 1. The number of hydrogen-bond acceptors (Lipinski definition) is 5. The maximum Gasteiger partial charge on any atom is 0.265 e. The van der Waals surface area contributed by atoms with E-state index in [0.29, 0.717) is 23.6 Å². The lowest BCUT2D eigenvalue weighted by Crippen LogP contribution is -2.48. The predicted molar refractivity (Wildman–Crippen MR) is 105 cm³/mol. The van der Waals surface area contributed by atoms with Gasteiger partial charge in [0.1, 0.15) is 11.8 Å². The number of nitrogens with zero attached hydrogens (tertiary/aromatic N) is 1. The Morgan fingerprint density at radius 3 is 2.57 bits per heavy atom. The van der Waals surface area contributed by atoms with E-state index in [9.17, 15) is 14.4 Å². The summed E-state index contributed by atoms with van der Waals surface area (Å²) < 4.78 is 5.66. The second-order valence-electron chi connectivity index (χ2n) is 6.60. The van der Waals surface area contributed by atoms with Crippen LogP contribution < -0.4 is 20.5 Å². The van der Waals surface area contributed by atoms with E-state index in [4.69, 9.17) is 4.74 Å². The monoisotopic (exact) mass is 381 g/mol. The molecule has 2 N–H and O–H groups in total. The molecule has 0 radical (unpaired) electrons. The number of amides is 3. The number of carbonyl (C=O) groups is 3. The smallest absolute Gasteiger partial charge is 0.265 e. The highest BCUT2D eigenvalue weighted by atomic mass is 16.5. The van der Waals surface area contributed by atoms with Gasteiger partial charge in [-0.25, -0.2) is 10.3 Å². The molecular formula is C21H23N3O4. The zero-order chi connectivity index (χ0) is 20.1. The third-order valence-electron chi connectivity index (χ3n) is 4.39.